The Morgan fingerprint density at radius 2 is 1.06 bits per heavy atom. The highest BCUT2D eigenvalue weighted by atomic mass is 15.1. The number of allylic oxidation sites excluding steroid dienone is 2. The Labute approximate surface area is 390 Å². The van der Waals surface area contributed by atoms with E-state index in [1.54, 1.807) is 12.4 Å². The molecule has 0 saturated carbocycles. The van der Waals surface area contributed by atoms with E-state index in [-0.39, 0.29) is 0 Å². The molecule has 10 aromatic rings. The zero-order valence-electron chi connectivity index (χ0n) is 38.0. The van der Waals surface area contributed by atoms with Crippen molar-refractivity contribution in [1.82, 2.24) is 39.8 Å². The third-order valence-corrected chi connectivity index (χ3v) is 12.4. The van der Waals surface area contributed by atoms with E-state index in [0.717, 1.165) is 66.7 Å². The third kappa shape index (κ3) is 8.26. The standard InChI is InChI=1S/C59H46N8/c1-36-23-37(2)26-44(25-36)40-19-22-60-54(33-40)59-65-57(43-16-18-55(67(5)35-43)47-27-38(3)24-39(4)28-47)64-58(66-59)48-30-45(52-32-41-11-6-7-12-49(41)50-13-8-9-14-51(50)52)29-46(31-48)53-17-15-42(34-63-53)56-61-20-10-21-62-56/h6-34H,35H2,1-5H3. The van der Waals surface area contributed by atoms with Gasteiger partial charge in [0.2, 0.25) is 0 Å². The number of hydrogen-bond donors (Lipinski definition) is 0. The zero-order valence-corrected chi connectivity index (χ0v) is 38.0. The van der Waals surface area contributed by atoms with E-state index >= 15 is 0 Å². The summed E-state index contributed by atoms with van der Waals surface area (Å²) in [5.74, 6) is 2.24. The number of nitrogens with zero attached hydrogens (tertiary/aromatic N) is 8. The molecule has 0 radical (unpaired) electrons. The average molecular weight is 867 g/mol. The summed E-state index contributed by atoms with van der Waals surface area (Å²) in [6, 6.07) is 49.3. The van der Waals surface area contributed by atoms with Gasteiger partial charge < -0.3 is 4.90 Å². The van der Waals surface area contributed by atoms with Crippen molar-refractivity contribution in [2.45, 2.75) is 27.7 Å². The van der Waals surface area contributed by atoms with Gasteiger partial charge >= 0.3 is 0 Å². The predicted molar refractivity (Wildman–Crippen MR) is 273 cm³/mol. The molecule has 8 nitrogen and oxygen atoms in total. The fourth-order valence-electron chi connectivity index (χ4n) is 9.42. The Bertz CT molecular complexity index is 3570. The molecule has 1 aliphatic heterocycles. The minimum Gasteiger partial charge on any atom is -0.370 e. The minimum absolute atomic E-state index is 0.493. The van der Waals surface area contributed by atoms with E-state index in [9.17, 15) is 0 Å². The zero-order chi connectivity index (χ0) is 45.6. The van der Waals surface area contributed by atoms with E-state index in [0.29, 0.717) is 35.5 Å². The number of aryl methyl sites for hydroxylation is 4. The molecule has 0 atom stereocenters. The van der Waals surface area contributed by atoms with Crippen molar-refractivity contribution in [3.05, 3.63) is 210 Å². The van der Waals surface area contributed by atoms with Gasteiger partial charge in [0.1, 0.15) is 5.69 Å². The van der Waals surface area contributed by atoms with Crippen molar-refractivity contribution in [3.63, 3.8) is 0 Å². The van der Waals surface area contributed by atoms with Crippen LogP contribution in [0.3, 0.4) is 0 Å². The highest BCUT2D eigenvalue weighted by molar-refractivity contribution is 6.14. The van der Waals surface area contributed by atoms with E-state index in [1.807, 2.05) is 36.7 Å². The monoisotopic (exact) mass is 866 g/mol. The van der Waals surface area contributed by atoms with Gasteiger partial charge in [-0.3, -0.25) is 9.97 Å². The van der Waals surface area contributed by atoms with Crippen molar-refractivity contribution < 1.29 is 0 Å². The molecular weight excluding hydrogens is 821 g/mol. The first-order chi connectivity index (χ1) is 32.7. The topological polar surface area (TPSA) is 93.5 Å². The van der Waals surface area contributed by atoms with E-state index in [4.69, 9.17) is 24.9 Å². The van der Waals surface area contributed by atoms with Crippen LogP contribution >= 0.6 is 0 Å². The van der Waals surface area contributed by atoms with Gasteiger partial charge in [-0.2, -0.15) is 0 Å². The number of likely N-dealkylation sites (N-methyl/N-ethyl adjacent to an activating group) is 1. The molecule has 0 saturated heterocycles. The summed E-state index contributed by atoms with van der Waals surface area (Å²) in [5.41, 5.74) is 16.5. The van der Waals surface area contributed by atoms with Gasteiger partial charge in [-0.05, 0) is 150 Å². The molecule has 67 heavy (non-hydrogen) atoms. The number of fused-ring (bicyclic) bond motifs is 3. The SMILES string of the molecule is Cc1cc(C)cc(C2=CC=C(c3nc(-c4cc(-c5ccc(-c6ncccn6)cn5)cc(-c5cc6ccccc6c6ccccc56)c4)nc(-c4cc(-c5cc(C)cc(C)c5)ccn4)n3)CN2C)c1. The van der Waals surface area contributed by atoms with Crippen molar-refractivity contribution in [1.29, 1.82) is 0 Å². The maximum Gasteiger partial charge on any atom is 0.182 e. The van der Waals surface area contributed by atoms with Crippen molar-refractivity contribution in [2.75, 3.05) is 13.6 Å². The molecule has 11 rings (SSSR count). The Hall–Kier alpha value is -8.49. The van der Waals surface area contributed by atoms with Crippen LogP contribution in [0.25, 0.3) is 101 Å². The number of hydrogen-bond acceptors (Lipinski definition) is 8. The fraction of sp³-hybridized carbons (Fsp3) is 0.102. The van der Waals surface area contributed by atoms with Gasteiger partial charge in [0.15, 0.2) is 23.3 Å². The predicted octanol–water partition coefficient (Wildman–Crippen LogP) is 13.4. The Morgan fingerprint density at radius 1 is 0.403 bits per heavy atom. The molecule has 8 heteroatoms. The molecule has 5 heterocycles. The largest absolute Gasteiger partial charge is 0.370 e. The second-order valence-corrected chi connectivity index (χ2v) is 17.6. The van der Waals surface area contributed by atoms with Crippen LogP contribution in [0.15, 0.2) is 176 Å². The van der Waals surface area contributed by atoms with Crippen LogP contribution in [0.5, 0.6) is 0 Å². The smallest absolute Gasteiger partial charge is 0.182 e. The maximum atomic E-state index is 5.34. The van der Waals surface area contributed by atoms with Crippen LogP contribution in [0, 0.1) is 27.7 Å². The number of rotatable bonds is 8. The first-order valence-corrected chi connectivity index (χ1v) is 22.5. The summed E-state index contributed by atoms with van der Waals surface area (Å²) >= 11 is 0. The van der Waals surface area contributed by atoms with Crippen LogP contribution < -0.4 is 0 Å². The van der Waals surface area contributed by atoms with Crippen molar-refractivity contribution in [3.8, 4) is 67.8 Å². The molecule has 0 amide bonds. The summed E-state index contributed by atoms with van der Waals surface area (Å²) in [7, 11) is 2.13. The fourth-order valence-corrected chi connectivity index (χ4v) is 9.42. The van der Waals surface area contributed by atoms with Gasteiger partial charge in [0, 0.05) is 66.3 Å². The van der Waals surface area contributed by atoms with E-state index in [2.05, 4.69) is 177 Å². The van der Waals surface area contributed by atoms with Gasteiger partial charge in [0.25, 0.3) is 0 Å². The molecule has 4 aromatic heterocycles. The quantitative estimate of drug-likeness (QED) is 0.139. The third-order valence-electron chi connectivity index (χ3n) is 12.4. The van der Waals surface area contributed by atoms with E-state index in [1.165, 1.54) is 38.6 Å². The molecule has 6 aromatic carbocycles. The van der Waals surface area contributed by atoms with Gasteiger partial charge in [-0.25, -0.2) is 24.9 Å². The first-order valence-electron chi connectivity index (χ1n) is 22.5. The van der Waals surface area contributed by atoms with E-state index < -0.39 is 0 Å². The lowest BCUT2D eigenvalue weighted by Gasteiger charge is -2.27. The molecule has 0 aliphatic carbocycles. The van der Waals surface area contributed by atoms with Gasteiger partial charge in [-0.1, -0.05) is 101 Å². The summed E-state index contributed by atoms with van der Waals surface area (Å²) < 4.78 is 0. The van der Waals surface area contributed by atoms with Crippen molar-refractivity contribution in [2.24, 2.45) is 0 Å². The van der Waals surface area contributed by atoms with Gasteiger partial charge in [-0.15, -0.1) is 0 Å². The number of aromatic nitrogens is 7. The number of benzene rings is 6. The second kappa shape index (κ2) is 17.1. The Morgan fingerprint density at radius 3 is 1.79 bits per heavy atom. The van der Waals surface area contributed by atoms with Crippen LogP contribution in [0.1, 0.15) is 33.6 Å². The van der Waals surface area contributed by atoms with Crippen molar-refractivity contribution >= 4 is 32.8 Å². The highest BCUT2D eigenvalue weighted by Gasteiger charge is 2.22. The summed E-state index contributed by atoms with van der Waals surface area (Å²) in [6.07, 6.45) is 11.5. The first kappa shape index (κ1) is 41.2. The highest BCUT2D eigenvalue weighted by Crippen LogP contribution is 2.39. The van der Waals surface area contributed by atoms with Crippen LogP contribution in [0.2, 0.25) is 0 Å². The Balaban J connectivity index is 1.12. The molecule has 0 spiro atoms. The lowest BCUT2D eigenvalue weighted by atomic mass is 9.91. The lowest BCUT2D eigenvalue weighted by Crippen LogP contribution is -2.23. The normalized spacial score (nSPS) is 12.6. The Kier molecular flexibility index (Phi) is 10.5. The molecule has 1 aliphatic rings. The van der Waals surface area contributed by atoms with Gasteiger partial charge in [0.05, 0.1) is 5.69 Å². The molecule has 0 fully saturated rings. The number of pyridine rings is 2. The molecule has 0 unspecified atom stereocenters. The van der Waals surface area contributed by atoms with Crippen LogP contribution in [-0.4, -0.2) is 53.4 Å². The average Bonchev–Trinajstić information content (AvgIpc) is 3.35. The molecule has 0 N–H and O–H groups in total. The molecule has 322 valence electrons. The molecule has 0 bridgehead atoms. The summed E-state index contributed by atoms with van der Waals surface area (Å²) in [4.78, 5) is 37.0. The maximum absolute atomic E-state index is 5.34. The summed E-state index contributed by atoms with van der Waals surface area (Å²) in [5, 5.41) is 4.71. The summed E-state index contributed by atoms with van der Waals surface area (Å²) in [6.45, 7) is 9.15. The van der Waals surface area contributed by atoms with Crippen LogP contribution in [-0.2, 0) is 0 Å². The van der Waals surface area contributed by atoms with Crippen LogP contribution in [0.4, 0.5) is 0 Å². The lowest BCUT2D eigenvalue weighted by molar-refractivity contribution is 0.537. The molecular formula is C59H46N8. The minimum atomic E-state index is 0.493. The second-order valence-electron chi connectivity index (χ2n) is 17.6.